The molecule has 2 N–H and O–H groups in total. The fraction of sp³-hybridized carbons (Fsp3) is 0.938. The van der Waals surface area contributed by atoms with Crippen LogP contribution >= 0.6 is 0 Å². The first-order chi connectivity index (χ1) is 9.32. The molecule has 4 nitrogen and oxygen atoms in total. The molecule has 0 aromatic carbocycles. The van der Waals surface area contributed by atoms with E-state index in [1.165, 1.54) is 6.42 Å². The van der Waals surface area contributed by atoms with E-state index in [0.717, 1.165) is 19.0 Å². The van der Waals surface area contributed by atoms with E-state index in [1.807, 2.05) is 0 Å². The SMILES string of the molecule is CC(=O)C1C(C(C)(C)C)C2C3CCNCC3NC2N1C. The number of carbonyl (C=O) groups is 1. The highest BCUT2D eigenvalue weighted by atomic mass is 16.1. The van der Waals surface area contributed by atoms with E-state index in [9.17, 15) is 4.79 Å². The molecule has 0 amide bonds. The lowest BCUT2D eigenvalue weighted by molar-refractivity contribution is -0.123. The average Bonchev–Trinajstić information content (AvgIpc) is 2.84. The number of hydrogen-bond donors (Lipinski definition) is 2. The van der Waals surface area contributed by atoms with Gasteiger partial charge in [-0.15, -0.1) is 0 Å². The Morgan fingerprint density at radius 1 is 1.30 bits per heavy atom. The molecule has 3 heterocycles. The number of hydrogen-bond acceptors (Lipinski definition) is 4. The van der Waals surface area contributed by atoms with Crippen LogP contribution in [0.25, 0.3) is 0 Å². The van der Waals surface area contributed by atoms with Gasteiger partial charge in [0.25, 0.3) is 0 Å². The number of nitrogens with one attached hydrogen (secondary N) is 2. The van der Waals surface area contributed by atoms with Crippen molar-refractivity contribution in [1.82, 2.24) is 15.5 Å². The van der Waals surface area contributed by atoms with Crippen LogP contribution in [0.2, 0.25) is 0 Å². The molecule has 4 heteroatoms. The molecule has 0 aliphatic carbocycles. The van der Waals surface area contributed by atoms with Gasteiger partial charge >= 0.3 is 0 Å². The van der Waals surface area contributed by atoms with Crippen molar-refractivity contribution >= 4 is 5.78 Å². The number of Topliss-reactive ketones (excluding diaryl/α,β-unsaturated/α-hetero) is 1. The standard InChI is InChI=1S/C16H29N3O/c1-9(20)14-13(16(2,3)4)12-10-6-7-17-8-11(10)18-15(12)19(14)5/h10-15,17-18H,6-8H2,1-5H3. The second kappa shape index (κ2) is 4.79. The Bertz CT molecular complexity index is 403. The van der Waals surface area contributed by atoms with Crippen molar-refractivity contribution in [3.8, 4) is 0 Å². The van der Waals surface area contributed by atoms with Crippen LogP contribution in [0, 0.1) is 23.2 Å². The highest BCUT2D eigenvalue weighted by Crippen LogP contribution is 2.52. The third-order valence-electron chi connectivity index (χ3n) is 5.83. The summed E-state index contributed by atoms with van der Waals surface area (Å²) in [5.74, 6) is 2.11. The smallest absolute Gasteiger partial charge is 0.147 e. The molecule has 6 unspecified atom stereocenters. The van der Waals surface area contributed by atoms with Crippen LogP contribution < -0.4 is 10.6 Å². The van der Waals surface area contributed by atoms with Crippen molar-refractivity contribution in [2.75, 3.05) is 20.1 Å². The minimum atomic E-state index is 0.0772. The molecule has 0 aromatic rings. The van der Waals surface area contributed by atoms with E-state index in [0.29, 0.717) is 29.8 Å². The fourth-order valence-corrected chi connectivity index (χ4v) is 5.17. The molecule has 20 heavy (non-hydrogen) atoms. The molecule has 3 saturated heterocycles. The van der Waals surface area contributed by atoms with E-state index in [-0.39, 0.29) is 11.5 Å². The van der Waals surface area contributed by atoms with E-state index in [1.54, 1.807) is 6.92 Å². The van der Waals surface area contributed by atoms with Crippen LogP contribution in [0.5, 0.6) is 0 Å². The molecule has 6 atom stereocenters. The highest BCUT2D eigenvalue weighted by Gasteiger charge is 2.60. The van der Waals surface area contributed by atoms with Gasteiger partial charge in [-0.2, -0.15) is 0 Å². The topological polar surface area (TPSA) is 44.4 Å². The van der Waals surface area contributed by atoms with Gasteiger partial charge in [0.2, 0.25) is 0 Å². The largest absolute Gasteiger partial charge is 0.315 e. The third-order valence-corrected chi connectivity index (χ3v) is 5.83. The summed E-state index contributed by atoms with van der Waals surface area (Å²) < 4.78 is 0. The lowest BCUT2D eigenvalue weighted by Crippen LogP contribution is -2.52. The number of likely N-dealkylation sites (N-methyl/N-ethyl adjacent to an activating group) is 1. The minimum absolute atomic E-state index is 0.0772. The maximum Gasteiger partial charge on any atom is 0.147 e. The Hall–Kier alpha value is -0.450. The quantitative estimate of drug-likeness (QED) is 0.754. The first-order valence-corrected chi connectivity index (χ1v) is 8.01. The summed E-state index contributed by atoms with van der Waals surface area (Å²) in [5, 5.41) is 7.30. The number of likely N-dealkylation sites (tertiary alicyclic amines) is 1. The molecule has 3 fully saturated rings. The molecular formula is C16H29N3O. The fourth-order valence-electron chi connectivity index (χ4n) is 5.17. The molecule has 114 valence electrons. The Morgan fingerprint density at radius 3 is 2.60 bits per heavy atom. The molecule has 0 saturated carbocycles. The summed E-state index contributed by atoms with van der Waals surface area (Å²) in [6.45, 7) is 10.9. The van der Waals surface area contributed by atoms with Crippen LogP contribution in [-0.2, 0) is 4.79 Å². The Kier molecular flexibility index (Phi) is 3.47. The zero-order valence-electron chi connectivity index (χ0n) is 13.4. The maximum atomic E-state index is 12.2. The number of fused-ring (bicyclic) bond motifs is 3. The monoisotopic (exact) mass is 279 g/mol. The predicted octanol–water partition coefficient (Wildman–Crippen LogP) is 1.08. The summed E-state index contributed by atoms with van der Waals surface area (Å²) in [7, 11) is 2.13. The summed E-state index contributed by atoms with van der Waals surface area (Å²) in [4.78, 5) is 14.5. The number of ketones is 1. The summed E-state index contributed by atoms with van der Waals surface area (Å²) in [6, 6.07) is 0.660. The molecule has 3 aliphatic heterocycles. The number of nitrogens with zero attached hydrogens (tertiary/aromatic N) is 1. The van der Waals surface area contributed by atoms with Gasteiger partial charge in [-0.05, 0) is 50.1 Å². The van der Waals surface area contributed by atoms with Crippen LogP contribution in [-0.4, -0.2) is 49.1 Å². The molecule has 0 spiro atoms. The molecule has 3 aliphatic rings. The van der Waals surface area contributed by atoms with Gasteiger partial charge < -0.3 is 5.32 Å². The minimum Gasteiger partial charge on any atom is -0.315 e. The second-order valence-corrected chi connectivity index (χ2v) is 8.06. The number of rotatable bonds is 1. The lowest BCUT2D eigenvalue weighted by Gasteiger charge is -2.40. The number of piperidine rings is 1. The average molecular weight is 279 g/mol. The summed E-state index contributed by atoms with van der Waals surface area (Å²) >= 11 is 0. The summed E-state index contributed by atoms with van der Waals surface area (Å²) in [6.07, 6.45) is 1.62. The van der Waals surface area contributed by atoms with Gasteiger partial charge in [-0.1, -0.05) is 20.8 Å². The normalized spacial score (nSPS) is 45.2. The van der Waals surface area contributed by atoms with Crippen LogP contribution in [0.15, 0.2) is 0 Å². The molecule has 3 rings (SSSR count). The van der Waals surface area contributed by atoms with Crippen molar-refractivity contribution in [3.05, 3.63) is 0 Å². The maximum absolute atomic E-state index is 12.2. The van der Waals surface area contributed by atoms with E-state index < -0.39 is 0 Å². The third kappa shape index (κ3) is 2.04. The van der Waals surface area contributed by atoms with Gasteiger partial charge in [-0.25, -0.2) is 0 Å². The molecule has 0 bridgehead atoms. The number of carbonyl (C=O) groups excluding carboxylic acids is 1. The first-order valence-electron chi connectivity index (χ1n) is 8.01. The van der Waals surface area contributed by atoms with Crippen molar-refractivity contribution in [2.45, 2.75) is 52.4 Å². The van der Waals surface area contributed by atoms with Gasteiger partial charge in [0.05, 0.1) is 12.2 Å². The highest BCUT2D eigenvalue weighted by molar-refractivity contribution is 5.82. The first kappa shape index (κ1) is 14.5. The van der Waals surface area contributed by atoms with Crippen LogP contribution in [0.3, 0.4) is 0 Å². The Labute approximate surface area is 122 Å². The molecule has 0 radical (unpaired) electrons. The second-order valence-electron chi connectivity index (χ2n) is 8.06. The summed E-state index contributed by atoms with van der Waals surface area (Å²) in [5.41, 5.74) is 0.172. The van der Waals surface area contributed by atoms with Gasteiger partial charge in [0, 0.05) is 12.6 Å². The van der Waals surface area contributed by atoms with Crippen LogP contribution in [0.1, 0.15) is 34.1 Å². The van der Waals surface area contributed by atoms with Gasteiger partial charge in [-0.3, -0.25) is 15.0 Å². The van der Waals surface area contributed by atoms with Crippen molar-refractivity contribution in [1.29, 1.82) is 0 Å². The Balaban J connectivity index is 1.97. The van der Waals surface area contributed by atoms with Gasteiger partial charge in [0.15, 0.2) is 0 Å². The zero-order valence-corrected chi connectivity index (χ0v) is 13.4. The van der Waals surface area contributed by atoms with Crippen molar-refractivity contribution in [3.63, 3.8) is 0 Å². The molecule has 0 aromatic heterocycles. The van der Waals surface area contributed by atoms with E-state index in [4.69, 9.17) is 0 Å². The van der Waals surface area contributed by atoms with Gasteiger partial charge in [0.1, 0.15) is 5.78 Å². The predicted molar refractivity (Wildman–Crippen MR) is 80.4 cm³/mol. The molecular weight excluding hydrogens is 250 g/mol. The van der Waals surface area contributed by atoms with E-state index in [2.05, 4.69) is 43.4 Å². The van der Waals surface area contributed by atoms with Crippen LogP contribution in [0.4, 0.5) is 0 Å². The zero-order chi connectivity index (χ0) is 14.7. The Morgan fingerprint density at radius 2 is 2.00 bits per heavy atom. The van der Waals surface area contributed by atoms with E-state index >= 15 is 0 Å². The lowest BCUT2D eigenvalue weighted by atomic mass is 9.65. The van der Waals surface area contributed by atoms with Crippen molar-refractivity contribution < 1.29 is 4.79 Å². The van der Waals surface area contributed by atoms with Crippen molar-refractivity contribution in [2.24, 2.45) is 23.2 Å².